The van der Waals surface area contributed by atoms with Gasteiger partial charge in [0.1, 0.15) is 23.1 Å². The third-order valence-electron chi connectivity index (χ3n) is 2.51. The van der Waals surface area contributed by atoms with Crippen LogP contribution in [0.25, 0.3) is 0 Å². The molecule has 0 saturated heterocycles. The van der Waals surface area contributed by atoms with E-state index in [1.807, 2.05) is 0 Å². The van der Waals surface area contributed by atoms with Crippen LogP contribution in [0.5, 0.6) is 0 Å². The Morgan fingerprint density at radius 2 is 2.26 bits per heavy atom. The number of carboxylic acids is 1. The summed E-state index contributed by atoms with van der Waals surface area (Å²) in [5, 5.41) is 8.62. The van der Waals surface area contributed by atoms with Crippen LogP contribution in [-0.2, 0) is 15.3 Å². The molecule has 3 N–H and O–H groups in total. The van der Waals surface area contributed by atoms with Crippen molar-refractivity contribution >= 4 is 23.7 Å². The van der Waals surface area contributed by atoms with Gasteiger partial charge in [-0.1, -0.05) is 0 Å². The Hall–Kier alpha value is -1.47. The van der Waals surface area contributed by atoms with Gasteiger partial charge in [0.25, 0.3) is 0 Å². The molecular formula is C12H17NO5S. The molecule has 0 radical (unpaired) electrons. The summed E-state index contributed by atoms with van der Waals surface area (Å²) in [5.41, 5.74) is 5.80. The zero-order valence-corrected chi connectivity index (χ0v) is 11.7. The maximum atomic E-state index is 11.4. The highest BCUT2D eigenvalue weighted by Crippen LogP contribution is 2.20. The zero-order chi connectivity index (χ0) is 14.4. The van der Waals surface area contributed by atoms with Gasteiger partial charge < -0.3 is 20.0 Å². The summed E-state index contributed by atoms with van der Waals surface area (Å²) >= 11 is 1.50. The Kier molecular flexibility index (Phi) is 5.91. The van der Waals surface area contributed by atoms with Crippen molar-refractivity contribution in [2.45, 2.75) is 25.1 Å². The molecule has 0 aliphatic rings. The highest BCUT2D eigenvalue weighted by molar-refractivity contribution is 7.98. The van der Waals surface area contributed by atoms with Gasteiger partial charge in [0.2, 0.25) is 0 Å². The Morgan fingerprint density at radius 3 is 2.84 bits per heavy atom. The van der Waals surface area contributed by atoms with Crippen molar-refractivity contribution in [3.05, 3.63) is 23.2 Å². The number of rotatable bonds is 7. The number of ether oxygens (including phenoxy) is 1. The molecule has 0 aromatic carbocycles. The molecule has 0 spiro atoms. The normalized spacial score (nSPS) is 12.2. The number of aliphatic carboxylic acids is 1. The summed E-state index contributed by atoms with van der Waals surface area (Å²) < 4.78 is 10.0. The van der Waals surface area contributed by atoms with Crippen LogP contribution in [-0.4, -0.2) is 35.9 Å². The topological polar surface area (TPSA) is 103 Å². The van der Waals surface area contributed by atoms with E-state index in [0.717, 1.165) is 0 Å². The van der Waals surface area contributed by atoms with E-state index >= 15 is 0 Å². The van der Waals surface area contributed by atoms with Gasteiger partial charge in [0.05, 0.1) is 12.9 Å². The van der Waals surface area contributed by atoms with Crippen LogP contribution >= 0.6 is 11.8 Å². The highest BCUT2D eigenvalue weighted by Gasteiger charge is 2.15. The number of carbonyl (C=O) groups is 2. The second-order valence-corrected chi connectivity index (χ2v) is 5.07. The Bertz CT molecular complexity index is 457. The third-order valence-corrected chi connectivity index (χ3v) is 3.52. The molecule has 0 aliphatic carbocycles. The van der Waals surface area contributed by atoms with E-state index in [0.29, 0.717) is 35.0 Å². The molecule has 1 heterocycles. The first-order valence-corrected chi connectivity index (χ1v) is 6.85. The Labute approximate surface area is 115 Å². The summed E-state index contributed by atoms with van der Waals surface area (Å²) in [5.74, 6) is 0.926. The first-order valence-electron chi connectivity index (χ1n) is 5.69. The predicted molar refractivity (Wildman–Crippen MR) is 71.2 cm³/mol. The van der Waals surface area contributed by atoms with Crippen molar-refractivity contribution in [3.8, 4) is 0 Å². The molecule has 0 aliphatic heterocycles. The summed E-state index contributed by atoms with van der Waals surface area (Å²) in [7, 11) is 1.32. The monoisotopic (exact) mass is 287 g/mol. The van der Waals surface area contributed by atoms with Crippen molar-refractivity contribution in [1.29, 1.82) is 0 Å². The van der Waals surface area contributed by atoms with Crippen LogP contribution in [0, 0.1) is 6.92 Å². The lowest BCUT2D eigenvalue weighted by Crippen LogP contribution is -2.30. The molecular weight excluding hydrogens is 270 g/mol. The smallest absolute Gasteiger partial charge is 0.341 e. The van der Waals surface area contributed by atoms with Crippen molar-refractivity contribution < 1.29 is 23.8 Å². The van der Waals surface area contributed by atoms with Crippen molar-refractivity contribution in [1.82, 2.24) is 0 Å². The standard InChI is InChI=1S/C12H17NO5S/c1-7-9(12(16)17-2)5-8(18-7)6-19-4-3-10(13)11(14)15/h5,10H,3-4,6,13H2,1-2H3,(H,14,15). The molecule has 6 nitrogen and oxygen atoms in total. The number of hydrogen-bond donors (Lipinski definition) is 2. The lowest BCUT2D eigenvalue weighted by molar-refractivity contribution is -0.138. The molecule has 1 unspecified atom stereocenters. The number of nitrogens with two attached hydrogens (primary N) is 1. The van der Waals surface area contributed by atoms with Crippen molar-refractivity contribution in [2.24, 2.45) is 5.73 Å². The molecule has 0 bridgehead atoms. The van der Waals surface area contributed by atoms with E-state index in [1.165, 1.54) is 18.9 Å². The molecule has 1 atom stereocenters. The SMILES string of the molecule is COC(=O)c1cc(CSCCC(N)C(=O)O)oc1C. The summed E-state index contributed by atoms with van der Waals surface area (Å²) in [6.07, 6.45) is 0.392. The molecule has 19 heavy (non-hydrogen) atoms. The fourth-order valence-electron chi connectivity index (χ4n) is 1.43. The van der Waals surface area contributed by atoms with Crippen LogP contribution in [0.4, 0.5) is 0 Å². The fourth-order valence-corrected chi connectivity index (χ4v) is 2.34. The van der Waals surface area contributed by atoms with Gasteiger partial charge in [-0.05, 0) is 25.2 Å². The zero-order valence-electron chi connectivity index (χ0n) is 10.8. The van der Waals surface area contributed by atoms with E-state index in [2.05, 4.69) is 4.74 Å². The van der Waals surface area contributed by atoms with E-state index in [1.54, 1.807) is 13.0 Å². The average molecular weight is 287 g/mol. The highest BCUT2D eigenvalue weighted by atomic mass is 32.2. The third kappa shape index (κ3) is 4.60. The first-order chi connectivity index (χ1) is 8.95. The van der Waals surface area contributed by atoms with Crippen molar-refractivity contribution in [2.75, 3.05) is 12.9 Å². The number of carboxylic acid groups (broad SMARTS) is 1. The maximum absolute atomic E-state index is 11.4. The van der Waals surface area contributed by atoms with Crippen LogP contribution in [0.1, 0.15) is 28.3 Å². The molecule has 1 aromatic rings. The van der Waals surface area contributed by atoms with Crippen LogP contribution in [0.3, 0.4) is 0 Å². The van der Waals surface area contributed by atoms with Crippen LogP contribution < -0.4 is 5.73 Å². The number of esters is 1. The maximum Gasteiger partial charge on any atom is 0.341 e. The largest absolute Gasteiger partial charge is 0.480 e. The van der Waals surface area contributed by atoms with E-state index in [-0.39, 0.29) is 0 Å². The van der Waals surface area contributed by atoms with Crippen LogP contribution in [0.2, 0.25) is 0 Å². The molecule has 106 valence electrons. The van der Waals surface area contributed by atoms with E-state index < -0.39 is 18.0 Å². The number of carbonyl (C=O) groups excluding carboxylic acids is 1. The van der Waals surface area contributed by atoms with E-state index in [4.69, 9.17) is 15.3 Å². The Morgan fingerprint density at radius 1 is 1.58 bits per heavy atom. The van der Waals surface area contributed by atoms with Gasteiger partial charge in [-0.3, -0.25) is 4.79 Å². The number of aryl methyl sites for hydroxylation is 1. The molecule has 0 fully saturated rings. The lowest BCUT2D eigenvalue weighted by atomic mass is 10.2. The minimum Gasteiger partial charge on any atom is -0.480 e. The van der Waals surface area contributed by atoms with E-state index in [9.17, 15) is 9.59 Å². The minimum absolute atomic E-state index is 0.392. The summed E-state index contributed by atoms with van der Waals surface area (Å²) in [4.78, 5) is 21.9. The summed E-state index contributed by atoms with van der Waals surface area (Å²) in [6, 6.07) is 0.808. The van der Waals surface area contributed by atoms with Gasteiger partial charge in [0, 0.05) is 0 Å². The first kappa shape index (κ1) is 15.6. The molecule has 7 heteroatoms. The van der Waals surface area contributed by atoms with Gasteiger partial charge in [-0.15, -0.1) is 0 Å². The fraction of sp³-hybridized carbons (Fsp3) is 0.500. The summed E-state index contributed by atoms with van der Waals surface area (Å²) in [6.45, 7) is 1.70. The van der Waals surface area contributed by atoms with Gasteiger partial charge >= 0.3 is 11.9 Å². The number of methoxy groups -OCH3 is 1. The average Bonchev–Trinajstić information content (AvgIpc) is 2.74. The molecule has 0 amide bonds. The second-order valence-electron chi connectivity index (χ2n) is 3.96. The van der Waals surface area contributed by atoms with Gasteiger partial charge in [-0.25, -0.2) is 4.79 Å². The molecule has 1 rings (SSSR count). The quantitative estimate of drug-likeness (QED) is 0.577. The lowest BCUT2D eigenvalue weighted by Gasteiger charge is -2.04. The second kappa shape index (κ2) is 7.20. The van der Waals surface area contributed by atoms with Gasteiger partial charge in [-0.2, -0.15) is 11.8 Å². The number of thioether (sulfide) groups is 1. The predicted octanol–water partition coefficient (Wildman–Crippen LogP) is 1.41. The van der Waals surface area contributed by atoms with Crippen LogP contribution in [0.15, 0.2) is 10.5 Å². The van der Waals surface area contributed by atoms with Gasteiger partial charge in [0.15, 0.2) is 0 Å². The number of hydrogen-bond acceptors (Lipinski definition) is 6. The van der Waals surface area contributed by atoms with Crippen molar-refractivity contribution in [3.63, 3.8) is 0 Å². The Balaban J connectivity index is 2.42. The molecule has 0 saturated carbocycles. The minimum atomic E-state index is -0.998. The number of furan rings is 1. The molecule has 1 aromatic heterocycles.